The largest absolute Gasteiger partial charge is 0.501 e. The number of aromatic nitrogens is 2. The minimum absolute atomic E-state index is 0. The van der Waals surface area contributed by atoms with Crippen LogP contribution < -0.4 is 5.19 Å². The van der Waals surface area contributed by atoms with Crippen molar-refractivity contribution in [2.45, 2.75) is 26.6 Å². The monoisotopic (exact) mass is 829 g/mol. The molecule has 0 fully saturated rings. The molecular formula is C44H36IrN2OSi-2. The third-order valence-electron chi connectivity index (χ3n) is 8.56. The molecule has 0 bridgehead atoms. The van der Waals surface area contributed by atoms with Crippen LogP contribution in [0.2, 0.25) is 19.6 Å². The van der Waals surface area contributed by atoms with Crippen molar-refractivity contribution >= 4 is 35.2 Å². The number of pyridine rings is 2. The molecule has 8 aromatic rings. The molecule has 0 amide bonds. The first-order valence-electron chi connectivity index (χ1n) is 16.2. The van der Waals surface area contributed by atoms with Gasteiger partial charge in [-0.2, -0.15) is 0 Å². The van der Waals surface area contributed by atoms with Gasteiger partial charge in [0.25, 0.3) is 0 Å². The van der Waals surface area contributed by atoms with E-state index in [1.807, 2.05) is 67.0 Å². The molecule has 8 rings (SSSR count). The first-order chi connectivity index (χ1) is 23.3. The molecule has 243 valence electrons. The molecule has 3 heterocycles. The number of hydrogen-bond acceptors (Lipinski definition) is 3. The van der Waals surface area contributed by atoms with Crippen molar-refractivity contribution in [3.05, 3.63) is 164 Å². The van der Waals surface area contributed by atoms with Crippen molar-refractivity contribution in [3.63, 3.8) is 0 Å². The van der Waals surface area contributed by atoms with Crippen LogP contribution in [0.4, 0.5) is 0 Å². The van der Waals surface area contributed by atoms with E-state index in [4.69, 9.17) is 4.42 Å². The van der Waals surface area contributed by atoms with Crippen LogP contribution in [0.25, 0.3) is 66.7 Å². The summed E-state index contributed by atoms with van der Waals surface area (Å²) in [7, 11) is -1.23. The minimum Gasteiger partial charge on any atom is -0.501 e. The molecular weight excluding hydrogens is 793 g/mol. The van der Waals surface area contributed by atoms with E-state index in [1.54, 1.807) is 0 Å². The summed E-state index contributed by atoms with van der Waals surface area (Å²) in [5.41, 5.74) is 11.4. The smallest absolute Gasteiger partial charge is 0.121 e. The summed E-state index contributed by atoms with van der Waals surface area (Å²) in [6.45, 7) is 9.10. The summed E-state index contributed by atoms with van der Waals surface area (Å²) in [4.78, 5) is 9.16. The Morgan fingerprint density at radius 2 is 1.33 bits per heavy atom. The number of rotatable bonds is 5. The predicted molar refractivity (Wildman–Crippen MR) is 203 cm³/mol. The molecule has 0 spiro atoms. The third kappa shape index (κ3) is 7.55. The fourth-order valence-electron chi connectivity index (χ4n) is 5.78. The molecule has 49 heavy (non-hydrogen) atoms. The van der Waals surface area contributed by atoms with E-state index in [-0.39, 0.29) is 20.1 Å². The van der Waals surface area contributed by atoms with Gasteiger partial charge in [0, 0.05) is 37.9 Å². The molecule has 0 atom stereocenters. The van der Waals surface area contributed by atoms with Crippen LogP contribution in [0, 0.1) is 19.1 Å². The Morgan fingerprint density at radius 1 is 0.592 bits per heavy atom. The van der Waals surface area contributed by atoms with Crippen LogP contribution in [0.3, 0.4) is 0 Å². The number of aryl methyl sites for hydroxylation is 1. The van der Waals surface area contributed by atoms with Crippen molar-refractivity contribution in [1.82, 2.24) is 9.97 Å². The van der Waals surface area contributed by atoms with E-state index in [0.29, 0.717) is 0 Å². The normalized spacial score (nSPS) is 11.1. The minimum atomic E-state index is -1.23. The molecule has 0 unspecified atom stereocenters. The fourth-order valence-corrected chi connectivity index (χ4v) is 6.82. The Kier molecular flexibility index (Phi) is 10.2. The Labute approximate surface area is 303 Å². The van der Waals surface area contributed by atoms with E-state index < -0.39 is 8.07 Å². The Morgan fingerprint density at radius 3 is 2.04 bits per heavy atom. The molecule has 0 N–H and O–H groups in total. The second kappa shape index (κ2) is 14.7. The van der Waals surface area contributed by atoms with Crippen molar-refractivity contribution in [1.29, 1.82) is 0 Å². The summed E-state index contributed by atoms with van der Waals surface area (Å²) in [5, 5.41) is 3.58. The number of hydrogen-bond donors (Lipinski definition) is 0. The summed E-state index contributed by atoms with van der Waals surface area (Å²) in [6, 6.07) is 52.3. The van der Waals surface area contributed by atoms with Crippen molar-refractivity contribution in [2.24, 2.45) is 0 Å². The van der Waals surface area contributed by atoms with E-state index in [1.165, 1.54) is 16.3 Å². The van der Waals surface area contributed by atoms with Gasteiger partial charge in [-0.3, -0.25) is 0 Å². The van der Waals surface area contributed by atoms with Gasteiger partial charge >= 0.3 is 0 Å². The molecule has 0 aliphatic rings. The summed E-state index contributed by atoms with van der Waals surface area (Å²) < 4.78 is 6.40. The zero-order chi connectivity index (χ0) is 33.1. The molecule has 3 aromatic heterocycles. The number of furan rings is 1. The van der Waals surface area contributed by atoms with Crippen LogP contribution in [0.1, 0.15) is 5.56 Å². The van der Waals surface area contributed by atoms with E-state index in [9.17, 15) is 0 Å². The zero-order valence-electron chi connectivity index (χ0n) is 28.0. The average molecular weight is 829 g/mol. The van der Waals surface area contributed by atoms with E-state index in [2.05, 4.69) is 128 Å². The van der Waals surface area contributed by atoms with Crippen LogP contribution in [0.15, 0.2) is 150 Å². The van der Waals surface area contributed by atoms with Crippen molar-refractivity contribution in [3.8, 4) is 44.8 Å². The summed E-state index contributed by atoms with van der Waals surface area (Å²) in [6.07, 6.45) is 3.87. The molecule has 0 saturated carbocycles. The average Bonchev–Trinajstić information content (AvgIpc) is 3.51. The second-order valence-electron chi connectivity index (χ2n) is 13.0. The maximum atomic E-state index is 6.40. The molecule has 0 aliphatic carbocycles. The van der Waals surface area contributed by atoms with Gasteiger partial charge in [-0.25, -0.2) is 0 Å². The zero-order valence-corrected chi connectivity index (χ0v) is 31.4. The number of fused-ring (bicyclic) bond motifs is 3. The standard InChI is InChI=1S/C30H20NO.C14H16NSi.Ir/c1-20-10-12-22(13-11-20)23-14-15-25-26-8-5-9-27(30(26)32-29(25)19-23)28-18-24(16-17-31-28)21-6-3-2-4-7-21;1-16(2,3)13-9-10-14(15-11-13)12-7-5-4-6-8-12;/h2-8,10-19H,1H3;4-7,9-11H,1-3H3;/q2*-1;. The third-order valence-corrected chi connectivity index (χ3v) is 10.6. The first-order valence-corrected chi connectivity index (χ1v) is 19.7. The molecule has 0 saturated heterocycles. The molecule has 3 nitrogen and oxygen atoms in total. The quantitative estimate of drug-likeness (QED) is 0.128. The molecule has 5 aromatic carbocycles. The molecule has 0 aliphatic heterocycles. The fraction of sp³-hybridized carbons (Fsp3) is 0.0909. The van der Waals surface area contributed by atoms with Crippen LogP contribution >= 0.6 is 0 Å². The summed E-state index contributed by atoms with van der Waals surface area (Å²) >= 11 is 0. The Hall–Kier alpha value is -4.93. The van der Waals surface area contributed by atoms with Crippen molar-refractivity contribution in [2.75, 3.05) is 0 Å². The van der Waals surface area contributed by atoms with Crippen LogP contribution in [0.5, 0.6) is 0 Å². The Bertz CT molecular complexity index is 2310. The van der Waals surface area contributed by atoms with Gasteiger partial charge in [0.2, 0.25) is 0 Å². The SMILES string of the molecule is C[Si](C)(C)c1ccc(-c2[c-]cccc2)nc1.Cc1ccc(-c2ccc3c(c2)oc2c(-c4cc(-c5ccccc5)ccn4)[c-]ccc23)cc1.[Ir]. The maximum Gasteiger partial charge on any atom is 0.121 e. The summed E-state index contributed by atoms with van der Waals surface area (Å²) in [5.74, 6) is 0. The number of benzene rings is 5. The van der Waals surface area contributed by atoms with Gasteiger partial charge in [-0.05, 0) is 57.9 Å². The Balaban J connectivity index is 0.000000208. The number of nitrogens with zero attached hydrogens (tertiary/aromatic N) is 2. The van der Waals surface area contributed by atoms with Crippen molar-refractivity contribution < 1.29 is 24.5 Å². The van der Waals surface area contributed by atoms with Gasteiger partial charge in [-0.1, -0.05) is 121 Å². The van der Waals surface area contributed by atoms with E-state index in [0.717, 1.165) is 61.1 Å². The van der Waals surface area contributed by atoms with E-state index >= 15 is 0 Å². The van der Waals surface area contributed by atoms with Gasteiger partial charge in [0.05, 0.1) is 13.7 Å². The van der Waals surface area contributed by atoms with Crippen LogP contribution in [-0.4, -0.2) is 18.0 Å². The van der Waals surface area contributed by atoms with Gasteiger partial charge in [0.1, 0.15) is 5.58 Å². The molecule has 1 radical (unpaired) electrons. The maximum absolute atomic E-state index is 6.40. The first kappa shape index (κ1) is 33.9. The topological polar surface area (TPSA) is 38.9 Å². The van der Waals surface area contributed by atoms with Gasteiger partial charge < -0.3 is 14.4 Å². The van der Waals surface area contributed by atoms with Crippen LogP contribution in [-0.2, 0) is 20.1 Å². The second-order valence-corrected chi connectivity index (χ2v) is 18.1. The predicted octanol–water partition coefficient (Wildman–Crippen LogP) is 11.2. The molecule has 5 heteroatoms. The van der Waals surface area contributed by atoms with Gasteiger partial charge in [-0.15, -0.1) is 54.1 Å². The van der Waals surface area contributed by atoms with Gasteiger partial charge in [0.15, 0.2) is 0 Å².